The van der Waals surface area contributed by atoms with E-state index in [2.05, 4.69) is 4.98 Å². The highest BCUT2D eigenvalue weighted by Crippen LogP contribution is 2.32. The third-order valence-electron chi connectivity index (χ3n) is 3.33. The van der Waals surface area contributed by atoms with E-state index in [0.29, 0.717) is 5.56 Å². The summed E-state index contributed by atoms with van der Waals surface area (Å²) in [6.45, 7) is 1.60. The second-order valence-corrected chi connectivity index (χ2v) is 4.60. The molecule has 0 aromatic carbocycles. The van der Waals surface area contributed by atoms with Crippen molar-refractivity contribution in [2.75, 3.05) is 0 Å². The monoisotopic (exact) mass is 235 g/mol. The first-order valence-corrected chi connectivity index (χ1v) is 5.94. The second kappa shape index (κ2) is 4.84. The van der Waals surface area contributed by atoms with Crippen molar-refractivity contribution in [3.8, 4) is 0 Å². The quantitative estimate of drug-likeness (QED) is 0.870. The lowest BCUT2D eigenvalue weighted by Crippen LogP contribution is -2.38. The van der Waals surface area contributed by atoms with Crippen LogP contribution in [0.15, 0.2) is 24.5 Å². The molecule has 92 valence electrons. The molecule has 1 aromatic heterocycles. The molecule has 0 spiro atoms. The number of carbonyl (C=O) groups is 1. The summed E-state index contributed by atoms with van der Waals surface area (Å²) in [6, 6.07) is 3.48. The number of nitrogens with zero attached hydrogens (tertiary/aromatic N) is 1. The van der Waals surface area contributed by atoms with Crippen LogP contribution >= 0.6 is 0 Å². The first-order chi connectivity index (χ1) is 8.13. The summed E-state index contributed by atoms with van der Waals surface area (Å²) in [7, 11) is 0. The molecule has 0 radical (unpaired) electrons. The lowest BCUT2D eigenvalue weighted by Gasteiger charge is -2.28. The zero-order chi connectivity index (χ0) is 12.3. The van der Waals surface area contributed by atoms with Gasteiger partial charge in [0.2, 0.25) is 0 Å². The normalized spacial score (nSPS) is 20.1. The minimum Gasteiger partial charge on any atom is -0.479 e. The molecule has 1 aliphatic rings. The van der Waals surface area contributed by atoms with Gasteiger partial charge in [-0.15, -0.1) is 0 Å². The molecule has 0 aliphatic heterocycles. The van der Waals surface area contributed by atoms with E-state index in [1.165, 1.54) is 0 Å². The average Bonchev–Trinajstić information content (AvgIpc) is 2.82. The summed E-state index contributed by atoms with van der Waals surface area (Å²) in [5.41, 5.74) is -0.692. The van der Waals surface area contributed by atoms with E-state index < -0.39 is 11.6 Å². The largest absolute Gasteiger partial charge is 0.479 e. The van der Waals surface area contributed by atoms with Gasteiger partial charge in [0.1, 0.15) is 0 Å². The molecule has 0 amide bonds. The molecule has 0 saturated heterocycles. The molecule has 1 heterocycles. The number of ether oxygens (including phenoxy) is 1. The van der Waals surface area contributed by atoms with Gasteiger partial charge >= 0.3 is 5.97 Å². The zero-order valence-electron chi connectivity index (χ0n) is 9.93. The topological polar surface area (TPSA) is 59.4 Å². The zero-order valence-corrected chi connectivity index (χ0v) is 9.93. The number of hydrogen-bond acceptors (Lipinski definition) is 3. The maximum atomic E-state index is 11.5. The summed E-state index contributed by atoms with van der Waals surface area (Å²) in [4.78, 5) is 15.4. The predicted octanol–water partition coefficient (Wildman–Crippen LogP) is 2.34. The third-order valence-corrected chi connectivity index (χ3v) is 3.33. The van der Waals surface area contributed by atoms with Crippen LogP contribution in [-0.4, -0.2) is 22.2 Å². The lowest BCUT2D eigenvalue weighted by molar-refractivity contribution is -0.172. The summed E-state index contributed by atoms with van der Waals surface area (Å²) in [5, 5.41) is 9.39. The highest BCUT2D eigenvalue weighted by atomic mass is 16.5. The third kappa shape index (κ3) is 2.47. The fraction of sp³-hybridized carbons (Fsp3) is 0.538. The van der Waals surface area contributed by atoms with Gasteiger partial charge in [0.15, 0.2) is 5.60 Å². The van der Waals surface area contributed by atoms with Crippen molar-refractivity contribution in [1.82, 2.24) is 4.98 Å². The number of carboxylic acid groups (broad SMARTS) is 1. The van der Waals surface area contributed by atoms with Crippen LogP contribution in [-0.2, 0) is 15.1 Å². The summed E-state index contributed by atoms with van der Waals surface area (Å²) in [6.07, 6.45) is 7.37. The SMILES string of the molecule is CC(OC1CCCC1)(C(=O)O)c1cccnc1. The van der Waals surface area contributed by atoms with Crippen molar-refractivity contribution in [2.24, 2.45) is 0 Å². The summed E-state index contributed by atoms with van der Waals surface area (Å²) >= 11 is 0. The van der Waals surface area contributed by atoms with E-state index in [-0.39, 0.29) is 6.10 Å². The molecule has 1 fully saturated rings. The molecule has 17 heavy (non-hydrogen) atoms. The number of aromatic nitrogens is 1. The molecule has 4 heteroatoms. The van der Waals surface area contributed by atoms with Crippen LogP contribution in [0.5, 0.6) is 0 Å². The van der Waals surface area contributed by atoms with Crippen LogP contribution < -0.4 is 0 Å². The Kier molecular flexibility index (Phi) is 3.43. The van der Waals surface area contributed by atoms with Crippen LogP contribution in [0.3, 0.4) is 0 Å². The van der Waals surface area contributed by atoms with Crippen LogP contribution in [0.2, 0.25) is 0 Å². The van der Waals surface area contributed by atoms with E-state index in [1.54, 1.807) is 31.5 Å². The number of aliphatic carboxylic acids is 1. The Morgan fingerprint density at radius 2 is 2.24 bits per heavy atom. The van der Waals surface area contributed by atoms with Crippen molar-refractivity contribution >= 4 is 5.97 Å². The van der Waals surface area contributed by atoms with Crippen molar-refractivity contribution in [2.45, 2.75) is 44.3 Å². The minimum atomic E-state index is -1.29. The van der Waals surface area contributed by atoms with Crippen molar-refractivity contribution in [3.63, 3.8) is 0 Å². The molecule has 0 bridgehead atoms. The molecular weight excluding hydrogens is 218 g/mol. The maximum Gasteiger partial charge on any atom is 0.340 e. The van der Waals surface area contributed by atoms with Crippen LogP contribution in [0.1, 0.15) is 38.2 Å². The summed E-state index contributed by atoms with van der Waals surface area (Å²) in [5.74, 6) is -0.961. The summed E-state index contributed by atoms with van der Waals surface area (Å²) < 4.78 is 5.81. The van der Waals surface area contributed by atoms with Crippen LogP contribution in [0, 0.1) is 0 Å². The molecule has 1 unspecified atom stereocenters. The highest BCUT2D eigenvalue weighted by Gasteiger charge is 2.39. The van der Waals surface area contributed by atoms with Gasteiger partial charge in [-0.1, -0.05) is 18.9 Å². The lowest BCUT2D eigenvalue weighted by atomic mass is 9.97. The van der Waals surface area contributed by atoms with Crippen molar-refractivity contribution in [3.05, 3.63) is 30.1 Å². The minimum absolute atomic E-state index is 0.0521. The number of rotatable bonds is 4. The Morgan fingerprint density at radius 3 is 2.76 bits per heavy atom. The first kappa shape index (κ1) is 12.0. The van der Waals surface area contributed by atoms with Crippen molar-refractivity contribution in [1.29, 1.82) is 0 Å². The highest BCUT2D eigenvalue weighted by molar-refractivity contribution is 5.78. The fourth-order valence-electron chi connectivity index (χ4n) is 2.23. The Hall–Kier alpha value is -1.42. The maximum absolute atomic E-state index is 11.5. The Balaban J connectivity index is 2.23. The van der Waals surface area contributed by atoms with Gasteiger partial charge in [-0.3, -0.25) is 4.98 Å². The Morgan fingerprint density at radius 1 is 1.53 bits per heavy atom. The molecule has 1 aliphatic carbocycles. The molecule has 1 atom stereocenters. The fourth-order valence-corrected chi connectivity index (χ4v) is 2.23. The first-order valence-electron chi connectivity index (χ1n) is 5.94. The van der Waals surface area contributed by atoms with Gasteiger partial charge < -0.3 is 9.84 Å². The van der Waals surface area contributed by atoms with Crippen molar-refractivity contribution < 1.29 is 14.6 Å². The van der Waals surface area contributed by atoms with Gasteiger partial charge in [-0.2, -0.15) is 0 Å². The van der Waals surface area contributed by atoms with E-state index in [0.717, 1.165) is 25.7 Å². The van der Waals surface area contributed by atoms with Crippen LogP contribution in [0.25, 0.3) is 0 Å². The van der Waals surface area contributed by atoms with E-state index in [9.17, 15) is 9.90 Å². The van der Waals surface area contributed by atoms with Gasteiger partial charge in [-0.25, -0.2) is 4.79 Å². The van der Waals surface area contributed by atoms with Gasteiger partial charge in [0, 0.05) is 18.0 Å². The Labute approximate surface area is 101 Å². The predicted molar refractivity (Wildman–Crippen MR) is 62.6 cm³/mol. The van der Waals surface area contributed by atoms with E-state index in [4.69, 9.17) is 4.74 Å². The average molecular weight is 235 g/mol. The van der Waals surface area contributed by atoms with Crippen LogP contribution in [0.4, 0.5) is 0 Å². The number of carboxylic acids is 1. The number of hydrogen-bond donors (Lipinski definition) is 1. The second-order valence-electron chi connectivity index (χ2n) is 4.60. The number of pyridine rings is 1. The van der Waals surface area contributed by atoms with Gasteiger partial charge in [-0.05, 0) is 25.8 Å². The van der Waals surface area contributed by atoms with Gasteiger partial charge in [0.25, 0.3) is 0 Å². The smallest absolute Gasteiger partial charge is 0.340 e. The van der Waals surface area contributed by atoms with Gasteiger partial charge in [0.05, 0.1) is 6.10 Å². The molecule has 2 rings (SSSR count). The molecule has 1 saturated carbocycles. The van der Waals surface area contributed by atoms with E-state index in [1.807, 2.05) is 0 Å². The Bertz CT molecular complexity index is 387. The molecule has 1 N–H and O–H groups in total. The molecule has 4 nitrogen and oxygen atoms in total. The standard InChI is InChI=1S/C13H17NO3/c1-13(12(15)16,10-5-4-8-14-9-10)17-11-6-2-3-7-11/h4-5,8-9,11H,2-3,6-7H2,1H3,(H,15,16). The molecular formula is C13H17NO3. The molecule has 1 aromatic rings. The van der Waals surface area contributed by atoms with E-state index >= 15 is 0 Å².